The number of carbonyl (C=O) groups excluding carboxylic acids is 3. The van der Waals surface area contributed by atoms with E-state index in [0.29, 0.717) is 9.80 Å². The number of hydrogen-bond donors (Lipinski definition) is 0. The van der Waals surface area contributed by atoms with E-state index < -0.39 is 17.8 Å². The molecule has 0 aromatic heterocycles. The topological polar surface area (TPSA) is 66.9 Å². The zero-order valence-electron chi connectivity index (χ0n) is 15.3. The molecule has 1 aromatic carbocycles. The van der Waals surface area contributed by atoms with Crippen LogP contribution in [0.2, 0.25) is 0 Å². The van der Waals surface area contributed by atoms with Crippen molar-refractivity contribution in [3.8, 4) is 0 Å². The van der Waals surface area contributed by atoms with Crippen LogP contribution in [0.4, 0.5) is 0 Å². The van der Waals surface area contributed by atoms with Crippen molar-refractivity contribution in [1.82, 2.24) is 9.80 Å². The number of esters is 1. The Balaban J connectivity index is 1.97. The molecule has 0 bridgehead atoms. The maximum absolute atomic E-state index is 13.0. The van der Waals surface area contributed by atoms with Crippen molar-refractivity contribution in [2.75, 3.05) is 31.5 Å². The molecule has 6 nitrogen and oxygen atoms in total. The number of amides is 2. The quantitative estimate of drug-likeness (QED) is 0.198. The van der Waals surface area contributed by atoms with Gasteiger partial charge in [-0.05, 0) is 37.3 Å². The number of hydrogen-bond acceptors (Lipinski definition) is 7. The minimum atomic E-state index is -0.472. The summed E-state index contributed by atoms with van der Waals surface area (Å²) in [4.78, 5) is 42.3. The predicted octanol–water partition coefficient (Wildman–Crippen LogP) is 3.71. The van der Waals surface area contributed by atoms with E-state index in [1.54, 1.807) is 25.1 Å². The van der Waals surface area contributed by atoms with Crippen molar-refractivity contribution in [3.05, 3.63) is 33.6 Å². The second-order valence-electron chi connectivity index (χ2n) is 5.82. The number of benzene rings is 1. The van der Waals surface area contributed by atoms with Gasteiger partial charge in [-0.15, -0.1) is 23.2 Å². The Morgan fingerprint density at radius 3 is 2.21 bits per heavy atom. The monoisotopic (exact) mass is 490 g/mol. The van der Waals surface area contributed by atoms with E-state index >= 15 is 0 Å². The Labute approximate surface area is 191 Å². The first-order valence-electron chi connectivity index (χ1n) is 8.63. The van der Waals surface area contributed by atoms with E-state index in [1.165, 1.54) is 33.3 Å². The van der Waals surface area contributed by atoms with Crippen LogP contribution in [-0.4, -0.2) is 64.2 Å². The van der Waals surface area contributed by atoms with Gasteiger partial charge in [-0.1, -0.05) is 23.5 Å². The van der Waals surface area contributed by atoms with Crippen LogP contribution in [0, 0.1) is 0 Å². The summed E-state index contributed by atoms with van der Waals surface area (Å²) in [6.07, 6.45) is 0. The summed E-state index contributed by atoms with van der Waals surface area (Å²) in [6.45, 7) is 2.40. The van der Waals surface area contributed by atoms with Gasteiger partial charge in [0.15, 0.2) is 5.11 Å². The third-order valence-electron chi connectivity index (χ3n) is 4.06. The highest BCUT2D eigenvalue weighted by molar-refractivity contribution is 8.24. The van der Waals surface area contributed by atoms with E-state index in [1.807, 2.05) is 0 Å². The number of fused-ring (bicyclic) bond motifs is 1. The Hall–Kier alpha value is -1.26. The summed E-state index contributed by atoms with van der Waals surface area (Å²) in [5.74, 6) is -1.000. The first-order valence-corrected chi connectivity index (χ1v) is 11.7. The van der Waals surface area contributed by atoms with Gasteiger partial charge in [-0.25, -0.2) is 4.79 Å². The Morgan fingerprint density at radius 1 is 1.07 bits per heavy atom. The molecular formula is C18H16Cl2N2O4S3. The number of ether oxygens (including phenoxy) is 1. The molecular weight excluding hydrogens is 475 g/mol. The molecule has 2 heterocycles. The lowest BCUT2D eigenvalue weighted by Gasteiger charge is -2.36. The minimum absolute atomic E-state index is 0.0396. The molecule has 0 aliphatic carbocycles. The first-order chi connectivity index (χ1) is 13.9. The lowest BCUT2D eigenvalue weighted by molar-refractivity contribution is -0.133. The van der Waals surface area contributed by atoms with Crippen LogP contribution in [0.15, 0.2) is 37.8 Å². The minimum Gasteiger partial charge on any atom is -0.462 e. The summed E-state index contributed by atoms with van der Waals surface area (Å²) < 4.78 is 5.57. The fourth-order valence-corrected chi connectivity index (χ4v) is 6.00. The van der Waals surface area contributed by atoms with Crippen molar-refractivity contribution in [3.63, 3.8) is 0 Å². The zero-order chi connectivity index (χ0) is 21.1. The van der Waals surface area contributed by atoms with E-state index in [4.69, 9.17) is 40.2 Å². The lowest BCUT2D eigenvalue weighted by atomic mass is 10.2. The van der Waals surface area contributed by atoms with Crippen molar-refractivity contribution in [2.45, 2.75) is 16.7 Å². The van der Waals surface area contributed by atoms with E-state index in [-0.39, 0.29) is 42.1 Å². The molecule has 0 atom stereocenters. The number of carbonyl (C=O) groups is 3. The maximum Gasteiger partial charge on any atom is 0.338 e. The van der Waals surface area contributed by atoms with Crippen LogP contribution in [-0.2, 0) is 14.3 Å². The highest BCUT2D eigenvalue weighted by atomic mass is 35.5. The van der Waals surface area contributed by atoms with E-state index in [2.05, 4.69) is 0 Å². The van der Waals surface area contributed by atoms with Gasteiger partial charge in [0.2, 0.25) is 0 Å². The third kappa shape index (κ3) is 4.44. The van der Waals surface area contributed by atoms with Gasteiger partial charge in [-0.2, -0.15) is 0 Å². The molecule has 0 spiro atoms. The predicted molar refractivity (Wildman–Crippen MR) is 119 cm³/mol. The molecule has 154 valence electrons. The first kappa shape index (κ1) is 22.4. The molecule has 2 aliphatic heterocycles. The SMILES string of the molecule is CCOC(=O)c1ccc2c(c1)SC(=C1C(=O)N(CCCl)C(=S)N(CCCl)C1=O)S2. The summed E-state index contributed by atoms with van der Waals surface area (Å²) >= 11 is 19.5. The van der Waals surface area contributed by atoms with Gasteiger partial charge in [0, 0.05) is 34.6 Å². The number of nitrogens with zero attached hydrogens (tertiary/aromatic N) is 2. The molecule has 1 fully saturated rings. The highest BCUT2D eigenvalue weighted by Crippen LogP contribution is 2.53. The average Bonchev–Trinajstić information content (AvgIpc) is 3.11. The second kappa shape index (κ2) is 9.70. The maximum atomic E-state index is 13.0. The van der Waals surface area contributed by atoms with Crippen LogP contribution >= 0.6 is 58.9 Å². The lowest BCUT2D eigenvalue weighted by Crippen LogP contribution is -2.57. The van der Waals surface area contributed by atoms with Crippen molar-refractivity contribution < 1.29 is 19.1 Å². The van der Waals surface area contributed by atoms with Gasteiger partial charge in [0.25, 0.3) is 11.8 Å². The van der Waals surface area contributed by atoms with Crippen LogP contribution < -0.4 is 0 Å². The molecule has 0 saturated carbocycles. The van der Waals surface area contributed by atoms with Crippen LogP contribution in [0.25, 0.3) is 0 Å². The van der Waals surface area contributed by atoms with Gasteiger partial charge in [0.1, 0.15) is 5.57 Å². The highest BCUT2D eigenvalue weighted by Gasteiger charge is 2.42. The molecule has 2 amide bonds. The molecule has 0 radical (unpaired) electrons. The fourth-order valence-electron chi connectivity index (χ4n) is 2.76. The Bertz CT molecular complexity index is 892. The molecule has 11 heteroatoms. The average molecular weight is 491 g/mol. The Kier molecular flexibility index (Phi) is 7.50. The summed E-state index contributed by atoms with van der Waals surface area (Å²) in [7, 11) is 0. The molecule has 0 N–H and O–H groups in total. The van der Waals surface area contributed by atoms with Crippen LogP contribution in [0.3, 0.4) is 0 Å². The fraction of sp³-hybridized carbons (Fsp3) is 0.333. The number of halogens is 2. The van der Waals surface area contributed by atoms with Gasteiger partial charge >= 0.3 is 5.97 Å². The molecule has 0 unspecified atom stereocenters. The summed E-state index contributed by atoms with van der Waals surface area (Å²) in [6, 6.07) is 5.15. The van der Waals surface area contributed by atoms with E-state index in [0.717, 1.165) is 9.79 Å². The van der Waals surface area contributed by atoms with Gasteiger partial charge < -0.3 is 4.74 Å². The molecule has 2 aliphatic rings. The standard InChI is InChI=1S/C18H16Cl2N2O4S3/c1-2-26-16(25)10-3-4-11-12(9-10)29-17(28-11)13-14(23)21(7-5-19)18(27)22(8-6-20)15(13)24/h3-4,9H,2,5-8H2,1H3. The number of alkyl halides is 2. The number of thiocarbonyl (C=S) groups is 1. The van der Waals surface area contributed by atoms with Crippen LogP contribution in [0.1, 0.15) is 17.3 Å². The van der Waals surface area contributed by atoms with Crippen molar-refractivity contribution in [2.24, 2.45) is 0 Å². The van der Waals surface area contributed by atoms with Crippen molar-refractivity contribution in [1.29, 1.82) is 0 Å². The normalized spacial score (nSPS) is 16.6. The third-order valence-corrected chi connectivity index (χ3v) is 7.38. The Morgan fingerprint density at radius 2 is 1.66 bits per heavy atom. The summed E-state index contributed by atoms with van der Waals surface area (Å²) in [5, 5.41) is 0.112. The zero-order valence-corrected chi connectivity index (χ0v) is 19.2. The number of thioether (sulfide) groups is 2. The second-order valence-corrected chi connectivity index (χ2v) is 9.31. The molecule has 1 saturated heterocycles. The van der Waals surface area contributed by atoms with Crippen LogP contribution in [0.5, 0.6) is 0 Å². The molecule has 29 heavy (non-hydrogen) atoms. The van der Waals surface area contributed by atoms with E-state index in [9.17, 15) is 14.4 Å². The molecule has 1 aromatic rings. The number of rotatable bonds is 6. The van der Waals surface area contributed by atoms with Gasteiger partial charge in [-0.3, -0.25) is 19.4 Å². The molecule has 3 rings (SSSR count). The smallest absolute Gasteiger partial charge is 0.338 e. The largest absolute Gasteiger partial charge is 0.462 e. The van der Waals surface area contributed by atoms with Gasteiger partial charge in [0.05, 0.1) is 16.4 Å². The van der Waals surface area contributed by atoms with Crippen molar-refractivity contribution >= 4 is 81.8 Å². The summed E-state index contributed by atoms with van der Waals surface area (Å²) in [5.41, 5.74) is 0.456.